The Balaban J connectivity index is 1.44. The number of carbonyl (C=O) groups excluding carboxylic acids is 2. The molecule has 1 aromatic rings. The van der Waals surface area contributed by atoms with Gasteiger partial charge in [-0.15, -0.1) is 0 Å². The highest BCUT2D eigenvalue weighted by Crippen LogP contribution is 2.47. The van der Waals surface area contributed by atoms with Crippen molar-refractivity contribution in [3.8, 4) is 0 Å². The Bertz CT molecular complexity index is 1120. The fourth-order valence-corrected chi connectivity index (χ4v) is 7.07. The molecule has 1 amide bonds. The molecule has 4 aliphatic rings. The predicted octanol–water partition coefficient (Wildman–Crippen LogP) is 5.14. The van der Waals surface area contributed by atoms with Crippen molar-refractivity contribution in [2.45, 2.75) is 71.9 Å². The number of allylic oxidation sites excluding steroid dienone is 1. The molecule has 2 aliphatic heterocycles. The van der Waals surface area contributed by atoms with Crippen LogP contribution in [0, 0.1) is 25.7 Å². The average molecular weight is 480 g/mol. The molecule has 1 aromatic carbocycles. The first-order valence-corrected chi connectivity index (χ1v) is 13.2. The van der Waals surface area contributed by atoms with Crippen LogP contribution in [0.25, 0.3) is 0 Å². The minimum atomic E-state index is -0.372. The number of amidine groups is 1. The van der Waals surface area contributed by atoms with E-state index < -0.39 is 0 Å². The second kappa shape index (κ2) is 9.25. The Morgan fingerprint density at radius 3 is 2.71 bits per heavy atom. The largest absolute Gasteiger partial charge is 0.463 e. The van der Waals surface area contributed by atoms with Gasteiger partial charge in [0.1, 0.15) is 0 Å². The van der Waals surface area contributed by atoms with Crippen molar-refractivity contribution in [2.75, 3.05) is 6.61 Å². The van der Waals surface area contributed by atoms with E-state index in [0.717, 1.165) is 34.3 Å². The summed E-state index contributed by atoms with van der Waals surface area (Å²) in [6, 6.07) is 6.22. The number of carbonyl (C=O) groups is 2. The summed E-state index contributed by atoms with van der Waals surface area (Å²) in [4.78, 5) is 33.0. The normalized spacial score (nSPS) is 27.5. The van der Waals surface area contributed by atoms with Crippen molar-refractivity contribution >= 4 is 28.8 Å². The lowest BCUT2D eigenvalue weighted by Gasteiger charge is -2.37. The topological polar surface area (TPSA) is 71.0 Å². The highest BCUT2D eigenvalue weighted by atomic mass is 32.2. The van der Waals surface area contributed by atoms with Crippen LogP contribution in [0.4, 0.5) is 0 Å². The zero-order valence-electron chi connectivity index (χ0n) is 20.4. The zero-order chi connectivity index (χ0) is 24.0. The number of rotatable bonds is 6. The van der Waals surface area contributed by atoms with Gasteiger partial charge in [0.15, 0.2) is 5.17 Å². The van der Waals surface area contributed by atoms with E-state index in [0.29, 0.717) is 29.8 Å². The van der Waals surface area contributed by atoms with Crippen LogP contribution in [-0.2, 0) is 14.3 Å². The van der Waals surface area contributed by atoms with E-state index in [1.54, 1.807) is 0 Å². The molecule has 2 saturated carbocycles. The number of hydrogen-bond donors (Lipinski definition) is 1. The van der Waals surface area contributed by atoms with Gasteiger partial charge in [-0.05, 0) is 75.3 Å². The zero-order valence-corrected chi connectivity index (χ0v) is 21.2. The molecular formula is C27H33N3O3S. The van der Waals surface area contributed by atoms with Gasteiger partial charge < -0.3 is 15.0 Å². The molecule has 2 bridgehead atoms. The SMILES string of the molecule is CCOC(=O)C1=C(C)N=C2SC=C(CC(=O)NC3CC4CCC3C4)N2C1c1ccc(C)cc1C. The van der Waals surface area contributed by atoms with Gasteiger partial charge >= 0.3 is 5.97 Å². The summed E-state index contributed by atoms with van der Waals surface area (Å²) >= 11 is 1.52. The van der Waals surface area contributed by atoms with Gasteiger partial charge in [0, 0.05) is 11.7 Å². The summed E-state index contributed by atoms with van der Waals surface area (Å²) in [5.41, 5.74) is 5.39. The lowest BCUT2D eigenvalue weighted by atomic mass is 9.90. The summed E-state index contributed by atoms with van der Waals surface area (Å²) in [6.07, 6.45) is 5.19. The minimum absolute atomic E-state index is 0.0500. The van der Waals surface area contributed by atoms with E-state index in [-0.39, 0.29) is 24.3 Å². The number of thioether (sulfide) groups is 1. The van der Waals surface area contributed by atoms with Gasteiger partial charge in [0.25, 0.3) is 0 Å². The third-order valence-corrected chi connectivity index (χ3v) is 8.53. The molecule has 7 heteroatoms. The third-order valence-electron chi connectivity index (χ3n) is 7.64. The third kappa shape index (κ3) is 4.19. The van der Waals surface area contributed by atoms with E-state index in [4.69, 9.17) is 9.73 Å². The van der Waals surface area contributed by atoms with Crippen LogP contribution < -0.4 is 5.32 Å². The fourth-order valence-electron chi connectivity index (χ4n) is 6.11. The van der Waals surface area contributed by atoms with E-state index in [1.165, 1.54) is 36.6 Å². The van der Waals surface area contributed by atoms with Crippen LogP contribution in [0.5, 0.6) is 0 Å². The fraction of sp³-hybridized carbons (Fsp3) is 0.519. The Kier molecular flexibility index (Phi) is 6.32. The second-order valence-corrected chi connectivity index (χ2v) is 10.8. The summed E-state index contributed by atoms with van der Waals surface area (Å²) < 4.78 is 5.45. The molecule has 2 aliphatic carbocycles. The molecule has 180 valence electrons. The molecule has 4 atom stereocenters. The van der Waals surface area contributed by atoms with Gasteiger partial charge in [0.2, 0.25) is 5.91 Å². The van der Waals surface area contributed by atoms with Crippen LogP contribution in [0.1, 0.15) is 68.7 Å². The van der Waals surface area contributed by atoms with Crippen molar-refractivity contribution in [3.63, 3.8) is 0 Å². The Hall–Kier alpha value is -2.54. The molecule has 5 rings (SSSR count). The number of benzene rings is 1. The standard InChI is InChI=1S/C27H33N3O3S/c1-5-33-26(32)24-17(4)28-27-30(25(24)21-9-6-15(2)10-16(21)3)20(14-34-27)13-23(31)29-22-12-18-7-8-19(22)11-18/h6,9-10,14,18-19,22,25H,5,7-8,11-13H2,1-4H3,(H,29,31). The van der Waals surface area contributed by atoms with Crippen molar-refractivity contribution in [2.24, 2.45) is 16.8 Å². The lowest BCUT2D eigenvalue weighted by Crippen LogP contribution is -2.41. The predicted molar refractivity (Wildman–Crippen MR) is 135 cm³/mol. The van der Waals surface area contributed by atoms with Gasteiger partial charge in [-0.25, -0.2) is 9.79 Å². The number of fused-ring (bicyclic) bond motifs is 3. The number of hydrogen-bond acceptors (Lipinski definition) is 6. The second-order valence-electron chi connectivity index (χ2n) is 10.00. The van der Waals surface area contributed by atoms with E-state index >= 15 is 0 Å². The van der Waals surface area contributed by atoms with Crippen molar-refractivity contribution in [3.05, 3.63) is 57.3 Å². The van der Waals surface area contributed by atoms with Gasteiger partial charge in [-0.2, -0.15) is 0 Å². The summed E-state index contributed by atoms with van der Waals surface area (Å²) in [7, 11) is 0. The van der Waals surface area contributed by atoms with E-state index in [1.807, 2.05) is 19.3 Å². The van der Waals surface area contributed by atoms with Gasteiger partial charge in [-0.1, -0.05) is 41.9 Å². The summed E-state index contributed by atoms with van der Waals surface area (Å²) in [5, 5.41) is 6.12. The molecular weight excluding hydrogens is 446 g/mol. The van der Waals surface area contributed by atoms with Crippen molar-refractivity contribution < 1.29 is 14.3 Å². The van der Waals surface area contributed by atoms with Gasteiger partial charge in [-0.3, -0.25) is 4.79 Å². The quantitative estimate of drug-likeness (QED) is 0.573. The number of nitrogens with zero attached hydrogens (tertiary/aromatic N) is 2. The van der Waals surface area contributed by atoms with E-state index in [2.05, 4.69) is 42.3 Å². The highest BCUT2D eigenvalue weighted by Gasteiger charge is 2.43. The Morgan fingerprint density at radius 2 is 2.03 bits per heavy atom. The maximum Gasteiger partial charge on any atom is 0.338 e. The molecule has 34 heavy (non-hydrogen) atoms. The minimum Gasteiger partial charge on any atom is -0.463 e. The van der Waals surface area contributed by atoms with Crippen LogP contribution in [0.3, 0.4) is 0 Å². The molecule has 0 radical (unpaired) electrons. The molecule has 4 unspecified atom stereocenters. The molecule has 0 spiro atoms. The lowest BCUT2D eigenvalue weighted by molar-refractivity contribution is -0.139. The number of aliphatic imine (C=N–C) groups is 1. The average Bonchev–Trinajstić information content (AvgIpc) is 3.49. The van der Waals surface area contributed by atoms with E-state index in [9.17, 15) is 9.59 Å². The van der Waals surface area contributed by atoms with Crippen LogP contribution in [-0.4, -0.2) is 34.6 Å². The maximum absolute atomic E-state index is 13.1. The van der Waals surface area contributed by atoms with Gasteiger partial charge in [0.05, 0.1) is 30.3 Å². The number of ether oxygens (including phenoxy) is 1. The molecule has 6 nitrogen and oxygen atoms in total. The Labute approximate surface area is 205 Å². The highest BCUT2D eigenvalue weighted by molar-refractivity contribution is 8.16. The molecule has 0 saturated heterocycles. The number of nitrogens with one attached hydrogen (secondary N) is 1. The van der Waals surface area contributed by atoms with Crippen LogP contribution >= 0.6 is 11.8 Å². The first kappa shape index (κ1) is 23.2. The summed E-state index contributed by atoms with van der Waals surface area (Å²) in [5.74, 6) is 1.12. The summed E-state index contributed by atoms with van der Waals surface area (Å²) in [6.45, 7) is 8.12. The number of amides is 1. The molecule has 2 fully saturated rings. The maximum atomic E-state index is 13.1. The van der Waals surface area contributed by atoms with Crippen molar-refractivity contribution in [1.29, 1.82) is 0 Å². The molecule has 0 aromatic heterocycles. The first-order valence-electron chi connectivity index (χ1n) is 12.3. The monoisotopic (exact) mass is 479 g/mol. The van der Waals surface area contributed by atoms with Crippen molar-refractivity contribution in [1.82, 2.24) is 10.2 Å². The first-order chi connectivity index (χ1) is 16.4. The smallest absolute Gasteiger partial charge is 0.338 e. The Morgan fingerprint density at radius 1 is 1.21 bits per heavy atom. The van der Waals surface area contributed by atoms with Crippen LogP contribution in [0.2, 0.25) is 0 Å². The molecule has 2 heterocycles. The number of aryl methyl sites for hydroxylation is 2. The van der Waals surface area contributed by atoms with Crippen LogP contribution in [0.15, 0.2) is 45.6 Å². The number of esters is 1. The molecule has 1 N–H and O–H groups in total.